The summed E-state index contributed by atoms with van der Waals surface area (Å²) in [7, 11) is -2.47. The minimum Gasteiger partial charge on any atom is -0.374 e. The smallest absolute Gasteiger partial charge is 0.374 e. The van der Waals surface area contributed by atoms with E-state index in [9.17, 15) is 0 Å². The van der Waals surface area contributed by atoms with Crippen molar-refractivity contribution in [1.29, 1.82) is 0 Å². The summed E-state index contributed by atoms with van der Waals surface area (Å²) in [5.41, 5.74) is 0. The molecule has 2 aliphatic rings. The molecule has 0 aromatic carbocycles. The van der Waals surface area contributed by atoms with Crippen molar-refractivity contribution in [3.8, 4) is 0 Å². The number of hydrogen-bond donors (Lipinski definition) is 0. The minimum atomic E-state index is -2.47. The molecule has 0 aliphatic carbocycles. The molecule has 0 aromatic heterocycles. The van der Waals surface area contributed by atoms with Gasteiger partial charge in [-0.25, -0.2) is 0 Å². The molecular weight excluding hydrogens is 370 g/mol. The van der Waals surface area contributed by atoms with Crippen LogP contribution in [-0.2, 0) is 13.3 Å². The van der Waals surface area contributed by atoms with Gasteiger partial charge in [0.1, 0.15) is 0 Å². The summed E-state index contributed by atoms with van der Waals surface area (Å²) < 4.78 is 17.9. The number of rotatable bonds is 13. The quantitative estimate of drug-likeness (QED) is 0.431. The molecule has 0 aromatic rings. The van der Waals surface area contributed by atoms with Crippen molar-refractivity contribution < 1.29 is 13.3 Å². The Labute approximate surface area is 174 Å². The number of hydrogen-bond acceptors (Lipinski definition) is 6. The first-order valence-electron chi connectivity index (χ1n) is 11.8. The van der Waals surface area contributed by atoms with Gasteiger partial charge in [0.15, 0.2) is 0 Å². The number of likely N-dealkylation sites (tertiary alicyclic amines) is 1. The molecule has 0 radical (unpaired) electrons. The minimum absolute atomic E-state index is 0.669. The van der Waals surface area contributed by atoms with Gasteiger partial charge in [-0.15, -0.1) is 0 Å². The van der Waals surface area contributed by atoms with Crippen molar-refractivity contribution in [3.63, 3.8) is 0 Å². The molecule has 0 saturated carbocycles. The summed E-state index contributed by atoms with van der Waals surface area (Å²) in [6.07, 6.45) is 6.73. The lowest BCUT2D eigenvalue weighted by Crippen LogP contribution is -2.49. The Bertz CT molecular complexity index is 370. The van der Waals surface area contributed by atoms with E-state index in [4.69, 9.17) is 13.3 Å². The highest BCUT2D eigenvalue weighted by Gasteiger charge is 2.39. The zero-order chi connectivity index (χ0) is 20.1. The fourth-order valence-corrected chi connectivity index (χ4v) is 6.99. The van der Waals surface area contributed by atoms with Crippen LogP contribution in [0, 0.1) is 0 Å². The Balaban J connectivity index is 1.63. The third-order valence-electron chi connectivity index (χ3n) is 5.95. The van der Waals surface area contributed by atoms with E-state index < -0.39 is 8.80 Å². The van der Waals surface area contributed by atoms with Crippen LogP contribution in [0.25, 0.3) is 0 Å². The maximum Gasteiger partial charge on any atom is 0.500 e. The van der Waals surface area contributed by atoms with Crippen molar-refractivity contribution >= 4 is 8.80 Å². The molecule has 6 nitrogen and oxygen atoms in total. The van der Waals surface area contributed by atoms with E-state index in [1.807, 2.05) is 20.8 Å². The van der Waals surface area contributed by atoms with Gasteiger partial charge in [-0.05, 0) is 59.7 Å². The van der Waals surface area contributed by atoms with Crippen LogP contribution in [0.4, 0.5) is 0 Å². The zero-order valence-electron chi connectivity index (χ0n) is 18.8. The third-order valence-corrected chi connectivity index (χ3v) is 9.10. The van der Waals surface area contributed by atoms with Crippen LogP contribution in [0.15, 0.2) is 0 Å². The van der Waals surface area contributed by atoms with Crippen LogP contribution >= 0.6 is 0 Å². The third kappa shape index (κ3) is 8.77. The van der Waals surface area contributed by atoms with Crippen LogP contribution in [-0.4, -0.2) is 102 Å². The van der Waals surface area contributed by atoms with E-state index in [-0.39, 0.29) is 0 Å². The van der Waals surface area contributed by atoms with Gasteiger partial charge in [0.05, 0.1) is 0 Å². The molecule has 2 fully saturated rings. The summed E-state index contributed by atoms with van der Waals surface area (Å²) in [4.78, 5) is 7.94. The summed E-state index contributed by atoms with van der Waals surface area (Å²) in [5, 5.41) is 0. The van der Waals surface area contributed by atoms with Crippen LogP contribution < -0.4 is 0 Å². The summed E-state index contributed by atoms with van der Waals surface area (Å²) >= 11 is 0. The molecule has 2 heterocycles. The number of nitrogens with zero attached hydrogens (tertiary/aromatic N) is 3. The van der Waals surface area contributed by atoms with E-state index in [2.05, 4.69) is 14.7 Å². The molecule has 2 rings (SSSR count). The average molecular weight is 416 g/mol. The molecule has 0 atom stereocenters. The van der Waals surface area contributed by atoms with Crippen LogP contribution in [0.3, 0.4) is 0 Å². The van der Waals surface area contributed by atoms with Crippen LogP contribution in [0.5, 0.6) is 0 Å². The first kappa shape index (κ1) is 24.2. The Hall–Kier alpha value is -0.0231. The molecule has 166 valence electrons. The summed E-state index contributed by atoms with van der Waals surface area (Å²) in [6, 6.07) is 0.928. The van der Waals surface area contributed by atoms with E-state index >= 15 is 0 Å². The molecule has 0 bridgehead atoms. The Morgan fingerprint density at radius 2 is 1.00 bits per heavy atom. The van der Waals surface area contributed by atoms with E-state index in [1.165, 1.54) is 78.0 Å². The van der Waals surface area contributed by atoms with Gasteiger partial charge in [-0.2, -0.15) is 0 Å². The van der Waals surface area contributed by atoms with Crippen LogP contribution in [0.2, 0.25) is 6.04 Å². The second kappa shape index (κ2) is 14.1. The highest BCUT2D eigenvalue weighted by molar-refractivity contribution is 6.60. The van der Waals surface area contributed by atoms with Crippen molar-refractivity contribution in [1.82, 2.24) is 14.7 Å². The van der Waals surface area contributed by atoms with Gasteiger partial charge in [0.2, 0.25) is 0 Å². The average Bonchev–Trinajstić information content (AvgIpc) is 2.97. The second-order valence-electron chi connectivity index (χ2n) is 8.02. The van der Waals surface area contributed by atoms with Gasteiger partial charge in [0, 0.05) is 65.1 Å². The lowest BCUT2D eigenvalue weighted by Gasteiger charge is -2.36. The molecule has 0 unspecified atom stereocenters. The van der Waals surface area contributed by atoms with Crippen molar-refractivity contribution in [2.75, 3.05) is 78.7 Å². The highest BCUT2D eigenvalue weighted by Crippen LogP contribution is 2.19. The lowest BCUT2D eigenvalue weighted by atomic mass is 10.2. The molecule has 0 N–H and O–H groups in total. The van der Waals surface area contributed by atoms with E-state index in [1.54, 1.807) is 0 Å². The Morgan fingerprint density at radius 1 is 0.571 bits per heavy atom. The van der Waals surface area contributed by atoms with Crippen LogP contribution in [0.1, 0.15) is 52.9 Å². The fourth-order valence-electron chi connectivity index (χ4n) is 4.40. The first-order chi connectivity index (χ1) is 13.7. The SMILES string of the molecule is CCO[Si](CCCN1CCN(CCN2CCCCCC2)CC1)(OCC)OCC. The monoisotopic (exact) mass is 415 g/mol. The maximum atomic E-state index is 5.98. The van der Waals surface area contributed by atoms with Gasteiger partial charge >= 0.3 is 8.80 Å². The second-order valence-corrected chi connectivity index (χ2v) is 10.8. The predicted octanol–water partition coefficient (Wildman–Crippen LogP) is 2.92. The van der Waals surface area contributed by atoms with E-state index in [0.717, 1.165) is 19.0 Å². The van der Waals surface area contributed by atoms with Gasteiger partial charge in [-0.3, -0.25) is 4.90 Å². The van der Waals surface area contributed by atoms with Crippen molar-refractivity contribution in [2.24, 2.45) is 0 Å². The van der Waals surface area contributed by atoms with Crippen molar-refractivity contribution in [2.45, 2.75) is 58.9 Å². The van der Waals surface area contributed by atoms with Crippen molar-refractivity contribution in [3.05, 3.63) is 0 Å². The Morgan fingerprint density at radius 3 is 1.46 bits per heavy atom. The molecule has 2 saturated heterocycles. The fraction of sp³-hybridized carbons (Fsp3) is 1.00. The standard InChI is InChI=1S/C21H45N3O3Si/c1-4-25-28(26-5-2,27-6-3)21-11-14-23-16-19-24(20-17-23)18-15-22-12-9-7-8-10-13-22/h4-21H2,1-3H3. The molecule has 0 amide bonds. The molecule has 28 heavy (non-hydrogen) atoms. The lowest BCUT2D eigenvalue weighted by molar-refractivity contribution is 0.0685. The molecular formula is C21H45N3O3Si. The molecule has 7 heteroatoms. The normalized spacial score (nSPS) is 21.1. The highest BCUT2D eigenvalue weighted by atomic mass is 28.4. The van der Waals surface area contributed by atoms with Gasteiger partial charge < -0.3 is 23.1 Å². The topological polar surface area (TPSA) is 37.4 Å². The maximum absolute atomic E-state index is 5.98. The largest absolute Gasteiger partial charge is 0.500 e. The molecule has 0 spiro atoms. The summed E-state index contributed by atoms with van der Waals surface area (Å²) in [5.74, 6) is 0. The Kier molecular flexibility index (Phi) is 12.2. The first-order valence-corrected chi connectivity index (χ1v) is 13.7. The van der Waals surface area contributed by atoms with Gasteiger partial charge in [-0.1, -0.05) is 12.8 Å². The zero-order valence-corrected chi connectivity index (χ0v) is 19.8. The molecule has 2 aliphatic heterocycles. The summed E-state index contributed by atoms with van der Waals surface area (Å²) in [6.45, 7) is 19.1. The predicted molar refractivity (Wildman–Crippen MR) is 118 cm³/mol. The van der Waals surface area contributed by atoms with Gasteiger partial charge in [0.25, 0.3) is 0 Å². The number of piperazine rings is 1. The van der Waals surface area contributed by atoms with E-state index in [0.29, 0.717) is 19.8 Å².